The first-order chi connectivity index (χ1) is 8.29. The normalized spacial score (nSPS) is 11.4. The Hall–Kier alpha value is -2.50. The minimum Gasteiger partial charge on any atom is -0.469 e. The van der Waals surface area contributed by atoms with Crippen LogP contribution in [0.3, 0.4) is 0 Å². The van der Waals surface area contributed by atoms with Gasteiger partial charge >= 0.3 is 0 Å². The van der Waals surface area contributed by atoms with Crippen molar-refractivity contribution in [2.45, 2.75) is 6.61 Å². The van der Waals surface area contributed by atoms with E-state index in [1.54, 1.807) is 36.6 Å². The van der Waals surface area contributed by atoms with E-state index in [1.807, 2.05) is 0 Å². The third kappa shape index (κ3) is 2.75. The summed E-state index contributed by atoms with van der Waals surface area (Å²) in [7, 11) is 0. The number of aromatic nitrogens is 1. The molecule has 2 heterocycles. The fourth-order valence-corrected chi connectivity index (χ4v) is 1.23. The molecule has 0 radical (unpaired) electrons. The number of nitrogens with two attached hydrogens (primary N) is 1. The van der Waals surface area contributed by atoms with Gasteiger partial charge in [0.15, 0.2) is 5.84 Å². The lowest BCUT2D eigenvalue weighted by Gasteiger charge is -2.04. The second-order valence-electron chi connectivity index (χ2n) is 3.21. The summed E-state index contributed by atoms with van der Waals surface area (Å²) < 4.78 is 10.5. The summed E-state index contributed by atoms with van der Waals surface area (Å²) in [6, 6.07) is 8.58. The van der Waals surface area contributed by atoms with Crippen LogP contribution in [0.2, 0.25) is 0 Å². The van der Waals surface area contributed by atoms with Gasteiger partial charge in [-0.1, -0.05) is 11.2 Å². The zero-order valence-corrected chi connectivity index (χ0v) is 8.91. The van der Waals surface area contributed by atoms with Crippen molar-refractivity contribution >= 4 is 5.84 Å². The largest absolute Gasteiger partial charge is 0.469 e. The van der Waals surface area contributed by atoms with Gasteiger partial charge < -0.3 is 20.1 Å². The summed E-state index contributed by atoms with van der Waals surface area (Å²) >= 11 is 0. The number of furan rings is 1. The van der Waals surface area contributed by atoms with Crippen LogP contribution in [0.1, 0.15) is 11.5 Å². The molecule has 0 aliphatic carbocycles. The molecular formula is C11H11N3O3. The van der Waals surface area contributed by atoms with E-state index in [4.69, 9.17) is 20.1 Å². The van der Waals surface area contributed by atoms with Crippen LogP contribution in [0.5, 0.6) is 5.88 Å². The zero-order valence-electron chi connectivity index (χ0n) is 8.91. The molecule has 0 aliphatic heterocycles. The molecule has 17 heavy (non-hydrogen) atoms. The number of nitrogens with zero attached hydrogens (tertiary/aromatic N) is 2. The number of hydrogen-bond donors (Lipinski definition) is 2. The van der Waals surface area contributed by atoms with Gasteiger partial charge in [0, 0.05) is 6.07 Å². The summed E-state index contributed by atoms with van der Waals surface area (Å²) in [4.78, 5) is 4.06. The molecule has 0 saturated heterocycles. The topological polar surface area (TPSA) is 93.9 Å². The second kappa shape index (κ2) is 5.02. The Bertz CT molecular complexity index is 508. The maximum atomic E-state index is 8.53. The minimum atomic E-state index is -0.0616. The van der Waals surface area contributed by atoms with E-state index in [9.17, 15) is 0 Å². The number of pyridine rings is 1. The molecular weight excluding hydrogens is 222 g/mol. The van der Waals surface area contributed by atoms with Crippen LogP contribution in [0.15, 0.2) is 46.2 Å². The number of amidine groups is 1. The summed E-state index contributed by atoms with van der Waals surface area (Å²) in [5.74, 6) is 1.01. The van der Waals surface area contributed by atoms with Crippen molar-refractivity contribution in [1.82, 2.24) is 4.98 Å². The summed E-state index contributed by atoms with van der Waals surface area (Å²) in [6.07, 6.45) is 1.57. The fraction of sp³-hybridized carbons (Fsp3) is 0.0909. The van der Waals surface area contributed by atoms with Crippen molar-refractivity contribution in [3.8, 4) is 5.88 Å². The number of oxime groups is 1. The lowest BCUT2D eigenvalue weighted by Crippen LogP contribution is -2.15. The highest BCUT2D eigenvalue weighted by Gasteiger charge is 2.04. The van der Waals surface area contributed by atoms with Crippen molar-refractivity contribution in [3.63, 3.8) is 0 Å². The lowest BCUT2D eigenvalue weighted by molar-refractivity contribution is 0.260. The smallest absolute Gasteiger partial charge is 0.214 e. The van der Waals surface area contributed by atoms with Crippen molar-refractivity contribution in [2.75, 3.05) is 0 Å². The van der Waals surface area contributed by atoms with Crippen molar-refractivity contribution in [2.24, 2.45) is 10.9 Å². The van der Waals surface area contributed by atoms with Gasteiger partial charge in [0.1, 0.15) is 18.1 Å². The number of rotatable bonds is 4. The van der Waals surface area contributed by atoms with E-state index in [-0.39, 0.29) is 12.4 Å². The molecule has 0 atom stereocenters. The van der Waals surface area contributed by atoms with E-state index in [1.165, 1.54) is 0 Å². The Labute approximate surface area is 97.3 Å². The Kier molecular flexibility index (Phi) is 3.25. The molecule has 6 nitrogen and oxygen atoms in total. The molecule has 0 aromatic carbocycles. The van der Waals surface area contributed by atoms with E-state index < -0.39 is 0 Å². The predicted molar refractivity (Wildman–Crippen MR) is 59.8 cm³/mol. The number of hydrogen-bond acceptors (Lipinski definition) is 5. The molecule has 2 aromatic heterocycles. The maximum absolute atomic E-state index is 8.53. The maximum Gasteiger partial charge on any atom is 0.214 e. The van der Waals surface area contributed by atoms with E-state index in [2.05, 4.69) is 10.1 Å². The predicted octanol–water partition coefficient (Wildman–Crippen LogP) is 1.35. The highest BCUT2D eigenvalue weighted by molar-refractivity contribution is 5.95. The SMILES string of the molecule is NC(=NO)c1cccc(OCc2ccco2)n1. The van der Waals surface area contributed by atoms with Crippen LogP contribution < -0.4 is 10.5 Å². The highest BCUT2D eigenvalue weighted by Crippen LogP contribution is 2.10. The van der Waals surface area contributed by atoms with Crippen LogP contribution in [0.25, 0.3) is 0 Å². The summed E-state index contributed by atoms with van der Waals surface area (Å²) in [6.45, 7) is 0.277. The first-order valence-electron chi connectivity index (χ1n) is 4.90. The molecule has 0 spiro atoms. The van der Waals surface area contributed by atoms with Gasteiger partial charge in [-0.15, -0.1) is 0 Å². The van der Waals surface area contributed by atoms with Crippen LogP contribution in [0.4, 0.5) is 0 Å². The molecule has 0 amide bonds. The van der Waals surface area contributed by atoms with Crippen molar-refractivity contribution < 1.29 is 14.4 Å². The standard InChI is InChI=1S/C11H11N3O3/c12-11(14-15)9-4-1-5-10(13-9)17-7-8-3-2-6-16-8/h1-6,15H,7H2,(H2,12,14). The zero-order chi connectivity index (χ0) is 12.1. The second-order valence-corrected chi connectivity index (χ2v) is 3.21. The molecule has 0 saturated carbocycles. The van der Waals surface area contributed by atoms with Crippen molar-refractivity contribution in [1.29, 1.82) is 0 Å². The monoisotopic (exact) mass is 233 g/mol. The number of ether oxygens (including phenoxy) is 1. The van der Waals surface area contributed by atoms with Crippen LogP contribution in [0, 0.1) is 0 Å². The average molecular weight is 233 g/mol. The van der Waals surface area contributed by atoms with Crippen LogP contribution >= 0.6 is 0 Å². The summed E-state index contributed by atoms with van der Waals surface area (Å²) in [5.41, 5.74) is 5.77. The molecule has 0 fully saturated rings. The Balaban J connectivity index is 2.06. The lowest BCUT2D eigenvalue weighted by atomic mass is 10.3. The third-order valence-corrected chi connectivity index (χ3v) is 2.04. The highest BCUT2D eigenvalue weighted by atomic mass is 16.5. The average Bonchev–Trinajstić information content (AvgIpc) is 2.89. The van der Waals surface area contributed by atoms with Crippen molar-refractivity contribution in [3.05, 3.63) is 48.0 Å². The quantitative estimate of drug-likeness (QED) is 0.360. The molecule has 2 aromatic rings. The third-order valence-electron chi connectivity index (χ3n) is 2.04. The van der Waals surface area contributed by atoms with E-state index >= 15 is 0 Å². The van der Waals surface area contributed by atoms with Crippen LogP contribution in [-0.4, -0.2) is 16.0 Å². The minimum absolute atomic E-state index is 0.0616. The van der Waals surface area contributed by atoms with Gasteiger partial charge in [-0.05, 0) is 18.2 Å². The molecule has 0 bridgehead atoms. The molecule has 6 heteroatoms. The van der Waals surface area contributed by atoms with Gasteiger partial charge in [-0.2, -0.15) is 0 Å². The van der Waals surface area contributed by atoms with E-state index in [0.717, 1.165) is 0 Å². The fourth-order valence-electron chi connectivity index (χ4n) is 1.23. The van der Waals surface area contributed by atoms with Crippen LogP contribution in [-0.2, 0) is 6.61 Å². The Morgan fingerprint density at radius 3 is 3.00 bits per heavy atom. The summed E-state index contributed by atoms with van der Waals surface area (Å²) in [5, 5.41) is 11.4. The van der Waals surface area contributed by atoms with Gasteiger partial charge in [0.05, 0.1) is 6.26 Å². The molecule has 0 unspecified atom stereocenters. The molecule has 2 rings (SSSR count). The van der Waals surface area contributed by atoms with Gasteiger partial charge in [0.25, 0.3) is 0 Å². The first-order valence-corrected chi connectivity index (χ1v) is 4.90. The molecule has 3 N–H and O–H groups in total. The molecule has 88 valence electrons. The van der Waals surface area contributed by atoms with Gasteiger partial charge in [-0.3, -0.25) is 0 Å². The Morgan fingerprint density at radius 2 is 2.29 bits per heavy atom. The Morgan fingerprint density at radius 1 is 1.41 bits per heavy atom. The van der Waals surface area contributed by atoms with Gasteiger partial charge in [-0.25, -0.2) is 4.98 Å². The van der Waals surface area contributed by atoms with Gasteiger partial charge in [0.2, 0.25) is 5.88 Å². The van der Waals surface area contributed by atoms with E-state index in [0.29, 0.717) is 17.3 Å². The first kappa shape index (κ1) is 11.0. The molecule has 0 aliphatic rings.